The SMILES string of the molecule is C#C[C@@H](OCc1ccccc1)[C@@H](COCc1ccc(OC)cc1)[C@H]1COC(C)(C)O1. The summed E-state index contributed by atoms with van der Waals surface area (Å²) in [6.07, 6.45) is 5.19. The lowest BCUT2D eigenvalue weighted by Gasteiger charge is -2.28. The topological polar surface area (TPSA) is 46.2 Å². The average Bonchev–Trinajstić information content (AvgIpc) is 3.13. The lowest BCUT2D eigenvalue weighted by molar-refractivity contribution is -0.155. The van der Waals surface area contributed by atoms with Crippen LogP contribution in [0.15, 0.2) is 54.6 Å². The van der Waals surface area contributed by atoms with Crippen molar-refractivity contribution in [2.45, 2.75) is 45.1 Å². The minimum atomic E-state index is -0.641. The molecule has 1 saturated heterocycles. The molecule has 0 unspecified atom stereocenters. The van der Waals surface area contributed by atoms with Crippen LogP contribution >= 0.6 is 0 Å². The molecule has 5 nitrogen and oxygen atoms in total. The van der Waals surface area contributed by atoms with E-state index in [1.54, 1.807) is 7.11 Å². The van der Waals surface area contributed by atoms with Crippen molar-refractivity contribution in [1.29, 1.82) is 0 Å². The maximum absolute atomic E-state index is 6.08. The first-order chi connectivity index (χ1) is 14.5. The van der Waals surface area contributed by atoms with Gasteiger partial charge in [0.1, 0.15) is 11.9 Å². The monoisotopic (exact) mass is 410 g/mol. The van der Waals surface area contributed by atoms with Crippen molar-refractivity contribution < 1.29 is 23.7 Å². The molecule has 5 heteroatoms. The normalized spacial score (nSPS) is 19.7. The first kappa shape index (κ1) is 22.3. The molecular weight excluding hydrogens is 380 g/mol. The number of benzene rings is 2. The smallest absolute Gasteiger partial charge is 0.163 e. The van der Waals surface area contributed by atoms with E-state index in [2.05, 4.69) is 5.92 Å². The fourth-order valence-electron chi connectivity index (χ4n) is 3.41. The van der Waals surface area contributed by atoms with Gasteiger partial charge in [-0.1, -0.05) is 48.4 Å². The lowest BCUT2D eigenvalue weighted by Crippen LogP contribution is -2.38. The van der Waals surface area contributed by atoms with Crippen LogP contribution in [0.4, 0.5) is 0 Å². The van der Waals surface area contributed by atoms with Crippen molar-refractivity contribution in [2.24, 2.45) is 5.92 Å². The van der Waals surface area contributed by atoms with Gasteiger partial charge in [-0.25, -0.2) is 0 Å². The lowest BCUT2D eigenvalue weighted by atomic mass is 9.97. The molecule has 2 aromatic carbocycles. The van der Waals surface area contributed by atoms with E-state index >= 15 is 0 Å². The summed E-state index contributed by atoms with van der Waals surface area (Å²) in [7, 11) is 1.65. The molecule has 0 aliphatic carbocycles. The summed E-state index contributed by atoms with van der Waals surface area (Å²) in [5, 5.41) is 0. The minimum Gasteiger partial charge on any atom is -0.497 e. The van der Waals surface area contributed by atoms with Gasteiger partial charge in [-0.15, -0.1) is 6.42 Å². The van der Waals surface area contributed by atoms with Crippen molar-refractivity contribution in [3.63, 3.8) is 0 Å². The molecule has 3 rings (SSSR count). The van der Waals surface area contributed by atoms with E-state index in [-0.39, 0.29) is 12.0 Å². The fourth-order valence-corrected chi connectivity index (χ4v) is 3.41. The van der Waals surface area contributed by atoms with Gasteiger partial charge in [-0.3, -0.25) is 0 Å². The highest BCUT2D eigenvalue weighted by atomic mass is 16.7. The summed E-state index contributed by atoms with van der Waals surface area (Å²) in [4.78, 5) is 0. The van der Waals surface area contributed by atoms with Crippen LogP contribution in [0.2, 0.25) is 0 Å². The molecule has 1 aliphatic heterocycles. The Bertz CT molecular complexity index is 810. The van der Waals surface area contributed by atoms with Gasteiger partial charge in [0.25, 0.3) is 0 Å². The zero-order valence-electron chi connectivity index (χ0n) is 17.9. The molecule has 2 aromatic rings. The maximum atomic E-state index is 6.08. The number of hydrogen-bond acceptors (Lipinski definition) is 5. The van der Waals surface area contributed by atoms with E-state index in [1.165, 1.54) is 0 Å². The predicted octanol–water partition coefficient (Wildman–Crippen LogP) is 4.20. The summed E-state index contributed by atoms with van der Waals surface area (Å²) >= 11 is 0. The number of rotatable bonds is 10. The Labute approximate surface area is 179 Å². The number of hydrogen-bond donors (Lipinski definition) is 0. The molecule has 0 aromatic heterocycles. The quantitative estimate of drug-likeness (QED) is 0.550. The third kappa shape index (κ3) is 6.32. The van der Waals surface area contributed by atoms with Gasteiger partial charge in [0, 0.05) is 5.92 Å². The molecular formula is C25H30O5. The van der Waals surface area contributed by atoms with E-state index in [4.69, 9.17) is 30.1 Å². The summed E-state index contributed by atoms with van der Waals surface area (Å²) in [6, 6.07) is 17.8. The molecule has 0 bridgehead atoms. The summed E-state index contributed by atoms with van der Waals surface area (Å²) in [5.74, 6) is 2.81. The summed E-state index contributed by atoms with van der Waals surface area (Å²) < 4.78 is 29.2. The van der Waals surface area contributed by atoms with Crippen molar-refractivity contribution in [3.05, 3.63) is 65.7 Å². The van der Waals surface area contributed by atoms with Gasteiger partial charge in [-0.2, -0.15) is 0 Å². The Kier molecular flexibility index (Phi) is 7.89. The Hall–Kier alpha value is -2.36. The zero-order valence-corrected chi connectivity index (χ0v) is 17.9. The molecule has 3 atom stereocenters. The molecule has 0 spiro atoms. The number of terminal acetylenes is 1. The maximum Gasteiger partial charge on any atom is 0.163 e. The van der Waals surface area contributed by atoms with Crippen molar-refractivity contribution in [2.75, 3.05) is 20.3 Å². The van der Waals surface area contributed by atoms with Gasteiger partial charge < -0.3 is 23.7 Å². The highest BCUT2D eigenvalue weighted by Gasteiger charge is 2.40. The predicted molar refractivity (Wildman–Crippen MR) is 115 cm³/mol. The van der Waals surface area contributed by atoms with Crippen LogP contribution in [0.25, 0.3) is 0 Å². The Balaban J connectivity index is 1.63. The fraction of sp³-hybridized carbons (Fsp3) is 0.440. The van der Waals surface area contributed by atoms with E-state index in [1.807, 2.05) is 68.4 Å². The van der Waals surface area contributed by atoms with Crippen LogP contribution < -0.4 is 4.74 Å². The van der Waals surface area contributed by atoms with Crippen LogP contribution in [0.5, 0.6) is 5.75 Å². The van der Waals surface area contributed by atoms with Crippen molar-refractivity contribution >= 4 is 0 Å². The Morgan fingerprint density at radius 3 is 2.37 bits per heavy atom. The van der Waals surface area contributed by atoms with Crippen LogP contribution in [-0.4, -0.2) is 38.3 Å². The second kappa shape index (κ2) is 10.6. The molecule has 0 saturated carbocycles. The minimum absolute atomic E-state index is 0.154. The van der Waals surface area contributed by atoms with Crippen LogP contribution in [0, 0.1) is 18.3 Å². The second-order valence-electron chi connectivity index (χ2n) is 7.78. The highest BCUT2D eigenvalue weighted by Crippen LogP contribution is 2.30. The number of ether oxygens (including phenoxy) is 5. The molecule has 1 aliphatic rings. The third-order valence-electron chi connectivity index (χ3n) is 5.07. The van der Waals surface area contributed by atoms with Gasteiger partial charge >= 0.3 is 0 Å². The molecule has 0 N–H and O–H groups in total. The van der Waals surface area contributed by atoms with Crippen LogP contribution in [-0.2, 0) is 32.2 Å². The van der Waals surface area contributed by atoms with Crippen LogP contribution in [0.1, 0.15) is 25.0 Å². The highest BCUT2D eigenvalue weighted by molar-refractivity contribution is 5.26. The van der Waals surface area contributed by atoms with Gasteiger partial charge in [-0.05, 0) is 37.1 Å². The van der Waals surface area contributed by atoms with Gasteiger partial charge in [0.15, 0.2) is 5.79 Å². The summed E-state index contributed by atoms with van der Waals surface area (Å²) in [6.45, 7) is 5.56. The standard InChI is InChI=1S/C25H30O5/c1-5-23(28-16-19-9-7-6-8-10-19)22(24-18-29-25(2,3)30-24)17-27-15-20-11-13-21(26-4)14-12-20/h1,6-14,22-24H,15-18H2,2-4H3/t22-,23-,24-/m1/s1. The van der Waals surface area contributed by atoms with Crippen molar-refractivity contribution in [1.82, 2.24) is 0 Å². The van der Waals surface area contributed by atoms with E-state index in [0.717, 1.165) is 16.9 Å². The third-order valence-corrected chi connectivity index (χ3v) is 5.07. The average molecular weight is 411 g/mol. The molecule has 160 valence electrons. The number of methoxy groups -OCH3 is 1. The largest absolute Gasteiger partial charge is 0.497 e. The van der Waals surface area contributed by atoms with Crippen molar-refractivity contribution in [3.8, 4) is 18.1 Å². The zero-order chi connectivity index (χ0) is 21.4. The van der Waals surface area contributed by atoms with Gasteiger partial charge in [0.2, 0.25) is 0 Å². The molecule has 0 radical (unpaired) electrons. The van der Waals surface area contributed by atoms with E-state index < -0.39 is 11.9 Å². The summed E-state index contributed by atoms with van der Waals surface area (Å²) in [5.41, 5.74) is 2.13. The molecule has 0 amide bonds. The van der Waals surface area contributed by atoms with E-state index in [9.17, 15) is 0 Å². The Morgan fingerprint density at radius 1 is 1.07 bits per heavy atom. The molecule has 1 fully saturated rings. The van der Waals surface area contributed by atoms with Crippen LogP contribution in [0.3, 0.4) is 0 Å². The van der Waals surface area contributed by atoms with E-state index in [0.29, 0.717) is 26.4 Å². The molecule has 1 heterocycles. The first-order valence-corrected chi connectivity index (χ1v) is 10.1. The Morgan fingerprint density at radius 2 is 1.77 bits per heavy atom. The first-order valence-electron chi connectivity index (χ1n) is 10.1. The van der Waals surface area contributed by atoms with Gasteiger partial charge in [0.05, 0.1) is 39.6 Å². The molecule has 30 heavy (non-hydrogen) atoms. The second-order valence-corrected chi connectivity index (χ2v) is 7.78.